The molecule has 0 aliphatic heterocycles. The van der Waals surface area contributed by atoms with Gasteiger partial charge in [0, 0.05) is 12.1 Å². The highest BCUT2D eigenvalue weighted by molar-refractivity contribution is 6.33. The van der Waals surface area contributed by atoms with Crippen LogP contribution in [0.2, 0.25) is 5.02 Å². The number of hydrogen-bond acceptors (Lipinski definition) is 3. The molecule has 0 bridgehead atoms. The Morgan fingerprint density at radius 1 is 1.32 bits per heavy atom. The summed E-state index contributed by atoms with van der Waals surface area (Å²) in [6.45, 7) is 0.256. The second-order valence-electron chi connectivity index (χ2n) is 5.84. The molecule has 122 valence electrons. The minimum atomic E-state index is -0.440. The zero-order chi connectivity index (χ0) is 16.0. The van der Waals surface area contributed by atoms with E-state index in [1.807, 2.05) is 0 Å². The Labute approximate surface area is 135 Å². The van der Waals surface area contributed by atoms with Crippen molar-refractivity contribution in [2.24, 2.45) is 0 Å². The maximum absolute atomic E-state index is 13.0. The SMILES string of the molecule is O=C(CNC1(CCO)CCCCC1)Nc1ccc(F)cc1Cl. The Kier molecular flexibility index (Phi) is 6.17. The first kappa shape index (κ1) is 17.2. The first-order valence-electron chi connectivity index (χ1n) is 7.65. The minimum absolute atomic E-state index is 0.110. The molecule has 0 heterocycles. The normalized spacial score (nSPS) is 17.2. The monoisotopic (exact) mass is 328 g/mol. The molecule has 1 aromatic carbocycles. The number of carbonyl (C=O) groups is 1. The van der Waals surface area contributed by atoms with Crippen LogP contribution in [0.25, 0.3) is 0 Å². The third kappa shape index (κ3) is 4.66. The number of benzene rings is 1. The van der Waals surface area contributed by atoms with Crippen LogP contribution in [0.1, 0.15) is 38.5 Å². The van der Waals surface area contributed by atoms with Crippen molar-refractivity contribution >= 4 is 23.2 Å². The van der Waals surface area contributed by atoms with Gasteiger partial charge in [-0.2, -0.15) is 0 Å². The summed E-state index contributed by atoms with van der Waals surface area (Å²) < 4.78 is 13.0. The number of carbonyl (C=O) groups excluding carboxylic acids is 1. The Morgan fingerprint density at radius 2 is 2.05 bits per heavy atom. The van der Waals surface area contributed by atoms with E-state index in [-0.39, 0.29) is 29.6 Å². The lowest BCUT2D eigenvalue weighted by Crippen LogP contribution is -2.50. The number of anilines is 1. The van der Waals surface area contributed by atoms with Crippen LogP contribution in [0.5, 0.6) is 0 Å². The summed E-state index contributed by atoms with van der Waals surface area (Å²) in [5.41, 5.74) is 0.242. The molecule has 0 aromatic heterocycles. The molecular weight excluding hydrogens is 307 g/mol. The highest BCUT2D eigenvalue weighted by Crippen LogP contribution is 2.30. The molecule has 1 aliphatic carbocycles. The minimum Gasteiger partial charge on any atom is -0.396 e. The summed E-state index contributed by atoms with van der Waals surface area (Å²) >= 11 is 5.89. The van der Waals surface area contributed by atoms with Gasteiger partial charge in [-0.3, -0.25) is 4.79 Å². The van der Waals surface area contributed by atoms with Crippen LogP contribution in [0.3, 0.4) is 0 Å². The van der Waals surface area contributed by atoms with Crippen LogP contribution in [-0.4, -0.2) is 29.7 Å². The predicted molar refractivity (Wildman–Crippen MR) is 85.6 cm³/mol. The molecule has 3 N–H and O–H groups in total. The second-order valence-corrected chi connectivity index (χ2v) is 6.25. The lowest BCUT2D eigenvalue weighted by Gasteiger charge is -2.38. The molecule has 2 rings (SSSR count). The van der Waals surface area contributed by atoms with Crippen molar-refractivity contribution in [3.05, 3.63) is 29.0 Å². The molecule has 1 aliphatic rings. The van der Waals surface area contributed by atoms with Crippen molar-refractivity contribution in [2.75, 3.05) is 18.5 Å². The third-order valence-electron chi connectivity index (χ3n) is 4.23. The summed E-state index contributed by atoms with van der Waals surface area (Å²) in [6, 6.07) is 3.86. The lowest BCUT2D eigenvalue weighted by molar-refractivity contribution is -0.115. The molecular formula is C16H22ClFN2O2. The number of aliphatic hydroxyl groups is 1. The van der Waals surface area contributed by atoms with E-state index in [1.165, 1.54) is 24.6 Å². The highest BCUT2D eigenvalue weighted by atomic mass is 35.5. The van der Waals surface area contributed by atoms with Crippen LogP contribution in [0, 0.1) is 5.82 Å². The Bertz CT molecular complexity index is 513. The molecule has 0 saturated heterocycles. The number of rotatable bonds is 6. The standard InChI is InChI=1S/C16H22ClFN2O2/c17-13-10-12(18)4-5-14(13)20-15(22)11-19-16(8-9-21)6-2-1-3-7-16/h4-5,10,19,21H,1-3,6-9,11H2,(H,20,22). The van der Waals surface area contributed by atoms with Crippen LogP contribution in [-0.2, 0) is 4.79 Å². The van der Waals surface area contributed by atoms with E-state index < -0.39 is 5.82 Å². The van der Waals surface area contributed by atoms with Crippen LogP contribution in [0.15, 0.2) is 18.2 Å². The van der Waals surface area contributed by atoms with Crippen molar-refractivity contribution in [1.29, 1.82) is 0 Å². The number of aliphatic hydroxyl groups excluding tert-OH is 1. The molecule has 1 fully saturated rings. The summed E-state index contributed by atoms with van der Waals surface area (Å²) in [7, 11) is 0. The number of halogens is 2. The van der Waals surface area contributed by atoms with Crippen LogP contribution < -0.4 is 10.6 Å². The van der Waals surface area contributed by atoms with Crippen molar-refractivity contribution in [2.45, 2.75) is 44.1 Å². The molecule has 0 unspecified atom stereocenters. The van der Waals surface area contributed by atoms with E-state index in [0.29, 0.717) is 12.1 Å². The van der Waals surface area contributed by atoms with E-state index in [4.69, 9.17) is 11.6 Å². The summed E-state index contributed by atoms with van der Waals surface area (Å²) in [4.78, 5) is 12.1. The van der Waals surface area contributed by atoms with Gasteiger partial charge in [0.15, 0.2) is 0 Å². The van der Waals surface area contributed by atoms with Gasteiger partial charge in [-0.05, 0) is 37.5 Å². The quantitative estimate of drug-likeness (QED) is 0.752. The Morgan fingerprint density at radius 3 is 2.68 bits per heavy atom. The van der Waals surface area contributed by atoms with Gasteiger partial charge in [-0.25, -0.2) is 4.39 Å². The van der Waals surface area contributed by atoms with Crippen molar-refractivity contribution in [3.63, 3.8) is 0 Å². The molecule has 1 saturated carbocycles. The average molecular weight is 329 g/mol. The first-order valence-corrected chi connectivity index (χ1v) is 8.03. The molecule has 4 nitrogen and oxygen atoms in total. The van der Waals surface area contributed by atoms with Gasteiger partial charge in [-0.1, -0.05) is 30.9 Å². The molecule has 1 amide bonds. The van der Waals surface area contributed by atoms with E-state index in [0.717, 1.165) is 25.7 Å². The van der Waals surface area contributed by atoms with Gasteiger partial charge >= 0.3 is 0 Å². The fourth-order valence-electron chi connectivity index (χ4n) is 3.01. The fraction of sp³-hybridized carbons (Fsp3) is 0.562. The summed E-state index contributed by atoms with van der Waals surface area (Å²) in [5.74, 6) is -0.665. The van der Waals surface area contributed by atoms with Gasteiger partial charge in [0.05, 0.1) is 17.3 Å². The van der Waals surface area contributed by atoms with Crippen molar-refractivity contribution < 1.29 is 14.3 Å². The van der Waals surface area contributed by atoms with Crippen LogP contribution >= 0.6 is 11.6 Å². The largest absolute Gasteiger partial charge is 0.396 e. The number of hydrogen-bond donors (Lipinski definition) is 3. The smallest absolute Gasteiger partial charge is 0.238 e. The first-order chi connectivity index (χ1) is 10.5. The van der Waals surface area contributed by atoms with E-state index in [1.54, 1.807) is 0 Å². The van der Waals surface area contributed by atoms with Crippen LogP contribution in [0.4, 0.5) is 10.1 Å². The average Bonchev–Trinajstić information content (AvgIpc) is 2.50. The molecule has 0 atom stereocenters. The maximum Gasteiger partial charge on any atom is 0.238 e. The van der Waals surface area contributed by atoms with Gasteiger partial charge < -0.3 is 15.7 Å². The molecule has 22 heavy (non-hydrogen) atoms. The Balaban J connectivity index is 1.90. The van der Waals surface area contributed by atoms with Gasteiger partial charge in [0.25, 0.3) is 0 Å². The fourth-order valence-corrected chi connectivity index (χ4v) is 3.23. The van der Waals surface area contributed by atoms with E-state index in [2.05, 4.69) is 10.6 Å². The topological polar surface area (TPSA) is 61.4 Å². The van der Waals surface area contributed by atoms with Gasteiger partial charge in [-0.15, -0.1) is 0 Å². The van der Waals surface area contributed by atoms with E-state index in [9.17, 15) is 14.3 Å². The van der Waals surface area contributed by atoms with Crippen molar-refractivity contribution in [3.8, 4) is 0 Å². The lowest BCUT2D eigenvalue weighted by atomic mass is 9.79. The molecule has 1 aromatic rings. The maximum atomic E-state index is 13.0. The zero-order valence-electron chi connectivity index (χ0n) is 12.5. The Hall–Kier alpha value is -1.17. The molecule has 0 radical (unpaired) electrons. The summed E-state index contributed by atoms with van der Waals surface area (Å²) in [6.07, 6.45) is 6.01. The summed E-state index contributed by atoms with van der Waals surface area (Å²) in [5, 5.41) is 15.4. The highest BCUT2D eigenvalue weighted by Gasteiger charge is 2.31. The second kappa shape index (κ2) is 7.90. The zero-order valence-corrected chi connectivity index (χ0v) is 13.3. The molecule has 0 spiro atoms. The van der Waals surface area contributed by atoms with Crippen molar-refractivity contribution in [1.82, 2.24) is 5.32 Å². The van der Waals surface area contributed by atoms with E-state index >= 15 is 0 Å². The number of nitrogens with one attached hydrogen (secondary N) is 2. The van der Waals surface area contributed by atoms with Gasteiger partial charge in [0.2, 0.25) is 5.91 Å². The van der Waals surface area contributed by atoms with Gasteiger partial charge in [0.1, 0.15) is 5.82 Å². The number of amides is 1. The predicted octanol–water partition coefficient (Wildman–Crippen LogP) is 3.09. The third-order valence-corrected chi connectivity index (χ3v) is 4.54. The molecule has 6 heteroatoms.